The van der Waals surface area contributed by atoms with Gasteiger partial charge in [0, 0.05) is 18.4 Å². The minimum absolute atomic E-state index is 0.0643. The van der Waals surface area contributed by atoms with Crippen molar-refractivity contribution in [3.05, 3.63) is 30.1 Å². The van der Waals surface area contributed by atoms with Crippen molar-refractivity contribution in [2.45, 2.75) is 33.7 Å². The van der Waals surface area contributed by atoms with Crippen LogP contribution in [0.2, 0.25) is 0 Å². The van der Waals surface area contributed by atoms with E-state index in [4.69, 9.17) is 0 Å². The van der Waals surface area contributed by atoms with E-state index in [1.54, 1.807) is 24.5 Å². The van der Waals surface area contributed by atoms with Gasteiger partial charge in [0.15, 0.2) is 0 Å². The van der Waals surface area contributed by atoms with Crippen LogP contribution < -0.4 is 5.32 Å². The maximum Gasteiger partial charge on any atom is 0.253 e. The molecule has 1 heterocycles. The molecule has 0 saturated heterocycles. The van der Waals surface area contributed by atoms with Crippen LogP contribution in [0.3, 0.4) is 0 Å². The number of nitrogens with one attached hydrogen (secondary N) is 1. The second kappa shape index (κ2) is 4.43. The third-order valence-corrected chi connectivity index (χ3v) is 2.57. The molecular formula is C12H18N2O. The maximum absolute atomic E-state index is 11.8. The summed E-state index contributed by atoms with van der Waals surface area (Å²) >= 11 is 0. The zero-order chi connectivity index (χ0) is 11.5. The Morgan fingerprint density at radius 3 is 2.60 bits per heavy atom. The first-order valence-corrected chi connectivity index (χ1v) is 5.12. The van der Waals surface area contributed by atoms with E-state index in [1.807, 2.05) is 6.92 Å². The summed E-state index contributed by atoms with van der Waals surface area (Å²) in [6, 6.07) is 3.65. The first-order valence-electron chi connectivity index (χ1n) is 5.12. The van der Waals surface area contributed by atoms with Crippen LogP contribution in [0, 0.1) is 5.41 Å². The van der Waals surface area contributed by atoms with Gasteiger partial charge in [-0.05, 0) is 24.5 Å². The van der Waals surface area contributed by atoms with E-state index in [-0.39, 0.29) is 17.4 Å². The van der Waals surface area contributed by atoms with Gasteiger partial charge >= 0.3 is 0 Å². The van der Waals surface area contributed by atoms with Crippen LogP contribution in [0.5, 0.6) is 0 Å². The van der Waals surface area contributed by atoms with Crippen molar-refractivity contribution in [2.75, 3.05) is 0 Å². The molecule has 1 aromatic rings. The van der Waals surface area contributed by atoms with Crippen LogP contribution in [0.25, 0.3) is 0 Å². The fraction of sp³-hybridized carbons (Fsp3) is 0.500. The molecule has 1 rings (SSSR count). The lowest BCUT2D eigenvalue weighted by atomic mass is 9.88. The molecule has 3 nitrogen and oxygen atoms in total. The van der Waals surface area contributed by atoms with Crippen molar-refractivity contribution in [1.82, 2.24) is 10.3 Å². The van der Waals surface area contributed by atoms with Gasteiger partial charge in [-0.25, -0.2) is 0 Å². The van der Waals surface area contributed by atoms with Gasteiger partial charge in [0.25, 0.3) is 5.91 Å². The van der Waals surface area contributed by atoms with Crippen molar-refractivity contribution in [3.63, 3.8) is 0 Å². The molecule has 0 aromatic carbocycles. The average Bonchev–Trinajstić information content (AvgIpc) is 2.17. The van der Waals surface area contributed by atoms with Gasteiger partial charge < -0.3 is 5.32 Å². The fourth-order valence-corrected chi connectivity index (χ4v) is 0.994. The normalized spacial score (nSPS) is 13.3. The van der Waals surface area contributed by atoms with Crippen molar-refractivity contribution < 1.29 is 4.79 Å². The van der Waals surface area contributed by atoms with E-state index in [2.05, 4.69) is 31.1 Å². The summed E-state index contributed by atoms with van der Waals surface area (Å²) in [5.41, 5.74) is 0.673. The lowest BCUT2D eigenvalue weighted by Gasteiger charge is -2.28. The number of nitrogens with zero attached hydrogens (tertiary/aromatic N) is 1. The summed E-state index contributed by atoms with van der Waals surface area (Å²) < 4.78 is 0. The largest absolute Gasteiger partial charge is 0.349 e. The molecule has 82 valence electrons. The second-order valence-electron chi connectivity index (χ2n) is 4.80. The molecule has 0 aliphatic heterocycles. The van der Waals surface area contributed by atoms with Gasteiger partial charge in [-0.2, -0.15) is 0 Å². The van der Waals surface area contributed by atoms with Crippen molar-refractivity contribution in [1.29, 1.82) is 0 Å². The van der Waals surface area contributed by atoms with Crippen molar-refractivity contribution in [2.24, 2.45) is 5.41 Å². The Kier molecular flexibility index (Phi) is 3.45. The van der Waals surface area contributed by atoms with E-state index in [0.29, 0.717) is 5.56 Å². The summed E-state index contributed by atoms with van der Waals surface area (Å²) in [5.74, 6) is -0.0643. The Bertz CT molecular complexity index is 327. The van der Waals surface area contributed by atoms with Crippen LogP contribution >= 0.6 is 0 Å². The molecule has 1 amide bonds. The SMILES string of the molecule is CC(NC(=O)c1cccnc1)C(C)(C)C. The third-order valence-electron chi connectivity index (χ3n) is 2.57. The predicted molar refractivity (Wildman–Crippen MR) is 60.6 cm³/mol. The molecule has 1 N–H and O–H groups in total. The molecule has 0 radical (unpaired) electrons. The van der Waals surface area contributed by atoms with E-state index < -0.39 is 0 Å². The lowest BCUT2D eigenvalue weighted by molar-refractivity contribution is 0.0910. The number of amides is 1. The highest BCUT2D eigenvalue weighted by molar-refractivity contribution is 5.94. The van der Waals surface area contributed by atoms with Crippen LogP contribution in [0.4, 0.5) is 0 Å². The van der Waals surface area contributed by atoms with Crippen LogP contribution in [-0.2, 0) is 0 Å². The van der Waals surface area contributed by atoms with Crippen LogP contribution in [0.15, 0.2) is 24.5 Å². The number of carbonyl (C=O) groups is 1. The summed E-state index contributed by atoms with van der Waals surface area (Å²) in [6.07, 6.45) is 3.23. The molecule has 15 heavy (non-hydrogen) atoms. The first-order chi connectivity index (χ1) is 6.91. The molecule has 0 spiro atoms. The fourth-order valence-electron chi connectivity index (χ4n) is 0.994. The number of aromatic nitrogens is 1. The van der Waals surface area contributed by atoms with Gasteiger partial charge in [0.1, 0.15) is 0 Å². The van der Waals surface area contributed by atoms with Crippen LogP contribution in [-0.4, -0.2) is 16.9 Å². The van der Waals surface area contributed by atoms with Crippen molar-refractivity contribution in [3.8, 4) is 0 Å². The van der Waals surface area contributed by atoms with Crippen LogP contribution in [0.1, 0.15) is 38.1 Å². The second-order valence-corrected chi connectivity index (χ2v) is 4.80. The number of hydrogen-bond donors (Lipinski definition) is 1. The van der Waals surface area contributed by atoms with Gasteiger partial charge in [0.05, 0.1) is 5.56 Å². The van der Waals surface area contributed by atoms with Crippen molar-refractivity contribution >= 4 is 5.91 Å². The smallest absolute Gasteiger partial charge is 0.253 e. The Labute approximate surface area is 90.9 Å². The lowest BCUT2D eigenvalue weighted by Crippen LogP contribution is -2.41. The molecule has 0 aliphatic carbocycles. The summed E-state index contributed by atoms with van der Waals surface area (Å²) in [4.78, 5) is 15.7. The molecule has 0 fully saturated rings. The molecule has 1 atom stereocenters. The first kappa shape index (κ1) is 11.7. The number of hydrogen-bond acceptors (Lipinski definition) is 2. The molecule has 3 heteroatoms. The zero-order valence-electron chi connectivity index (χ0n) is 9.74. The van der Waals surface area contributed by atoms with Gasteiger partial charge in [-0.1, -0.05) is 20.8 Å². The zero-order valence-corrected chi connectivity index (χ0v) is 9.74. The molecule has 1 unspecified atom stereocenters. The van der Waals surface area contributed by atoms with Gasteiger partial charge in [-0.15, -0.1) is 0 Å². The predicted octanol–water partition coefficient (Wildman–Crippen LogP) is 2.25. The number of rotatable bonds is 2. The monoisotopic (exact) mass is 206 g/mol. The minimum atomic E-state index is -0.0643. The number of carbonyl (C=O) groups excluding carboxylic acids is 1. The van der Waals surface area contributed by atoms with E-state index in [1.165, 1.54) is 0 Å². The third kappa shape index (κ3) is 3.35. The van der Waals surface area contributed by atoms with Gasteiger partial charge in [-0.3, -0.25) is 9.78 Å². The Morgan fingerprint density at radius 1 is 1.47 bits per heavy atom. The molecule has 1 aromatic heterocycles. The quantitative estimate of drug-likeness (QED) is 0.806. The molecule has 0 bridgehead atoms. The average molecular weight is 206 g/mol. The molecular weight excluding hydrogens is 188 g/mol. The van der Waals surface area contributed by atoms with E-state index in [0.717, 1.165) is 0 Å². The van der Waals surface area contributed by atoms with Gasteiger partial charge in [0.2, 0.25) is 0 Å². The van der Waals surface area contributed by atoms with E-state index >= 15 is 0 Å². The molecule has 0 aliphatic rings. The summed E-state index contributed by atoms with van der Waals surface area (Å²) in [7, 11) is 0. The number of pyridine rings is 1. The summed E-state index contributed by atoms with van der Waals surface area (Å²) in [5, 5.41) is 2.96. The molecule has 0 saturated carbocycles. The highest BCUT2D eigenvalue weighted by atomic mass is 16.1. The highest BCUT2D eigenvalue weighted by Crippen LogP contribution is 2.18. The summed E-state index contributed by atoms with van der Waals surface area (Å²) in [6.45, 7) is 8.30. The Balaban J connectivity index is 2.65. The Hall–Kier alpha value is -1.38. The van der Waals surface area contributed by atoms with E-state index in [9.17, 15) is 4.79 Å². The topological polar surface area (TPSA) is 42.0 Å². The standard InChI is InChI=1S/C12H18N2O/c1-9(12(2,3)4)14-11(15)10-6-5-7-13-8-10/h5-9H,1-4H3,(H,14,15). The maximum atomic E-state index is 11.8. The highest BCUT2D eigenvalue weighted by Gasteiger charge is 2.21. The minimum Gasteiger partial charge on any atom is -0.349 e. The Morgan fingerprint density at radius 2 is 2.13 bits per heavy atom.